The Morgan fingerprint density at radius 1 is 1.64 bits per heavy atom. The Kier molecular flexibility index (Phi) is 2.72. The summed E-state index contributed by atoms with van der Waals surface area (Å²) >= 11 is 4.42. The van der Waals surface area contributed by atoms with Crippen LogP contribution in [0.3, 0.4) is 0 Å². The Hall–Kier alpha value is -0.750. The molecule has 0 saturated carbocycles. The van der Waals surface area contributed by atoms with Crippen LogP contribution in [0.2, 0.25) is 0 Å². The molecule has 0 aliphatic heterocycles. The molecule has 0 bridgehead atoms. The Morgan fingerprint density at radius 2 is 2.36 bits per heavy atom. The minimum Gasteiger partial charge on any atom is -0.266 e. The molecule has 1 aromatic heterocycles. The van der Waals surface area contributed by atoms with E-state index in [2.05, 4.69) is 21.2 Å². The van der Waals surface area contributed by atoms with Crippen molar-refractivity contribution in [1.29, 1.82) is 0 Å². The van der Waals surface area contributed by atoms with E-state index in [1.165, 1.54) is 11.3 Å². The molecule has 0 fully saturated rings. The zero-order valence-corrected chi connectivity index (χ0v) is 7.61. The summed E-state index contributed by atoms with van der Waals surface area (Å²) in [5, 5.41) is 2.26. The third kappa shape index (κ3) is 2.09. The van der Waals surface area contributed by atoms with Crippen molar-refractivity contribution < 1.29 is 4.79 Å². The van der Waals surface area contributed by atoms with E-state index < -0.39 is 5.91 Å². The first-order chi connectivity index (χ1) is 5.24. The highest BCUT2D eigenvalue weighted by Crippen LogP contribution is 2.21. The minimum absolute atomic E-state index is 0.455. The van der Waals surface area contributed by atoms with Crippen LogP contribution >= 0.6 is 27.3 Å². The molecule has 1 amide bonds. The molecule has 1 aromatic rings. The maximum absolute atomic E-state index is 10.8. The van der Waals surface area contributed by atoms with E-state index in [0.717, 1.165) is 3.79 Å². The van der Waals surface area contributed by atoms with Crippen molar-refractivity contribution in [3.8, 4) is 0 Å². The SMILES string of the molecule is O=NNC(=O)c1ccc(Br)s1. The molecule has 1 rings (SSSR count). The number of halogens is 1. The number of carbonyl (C=O) groups is 1. The van der Waals surface area contributed by atoms with Crippen molar-refractivity contribution >= 4 is 33.2 Å². The topological polar surface area (TPSA) is 58.5 Å². The Bertz CT molecular complexity index is 286. The van der Waals surface area contributed by atoms with Gasteiger partial charge in [-0.1, -0.05) is 0 Å². The first-order valence-corrected chi connectivity index (χ1v) is 4.23. The summed E-state index contributed by atoms with van der Waals surface area (Å²) in [5.41, 5.74) is 1.80. The van der Waals surface area contributed by atoms with Crippen molar-refractivity contribution in [3.63, 3.8) is 0 Å². The lowest BCUT2D eigenvalue weighted by atomic mass is 10.5. The molecule has 0 atom stereocenters. The second kappa shape index (κ2) is 3.59. The summed E-state index contributed by atoms with van der Waals surface area (Å²) in [6, 6.07) is 3.33. The van der Waals surface area contributed by atoms with E-state index in [1.54, 1.807) is 17.6 Å². The van der Waals surface area contributed by atoms with E-state index in [-0.39, 0.29) is 0 Å². The van der Waals surface area contributed by atoms with E-state index >= 15 is 0 Å². The quantitative estimate of drug-likeness (QED) is 0.628. The van der Waals surface area contributed by atoms with Crippen molar-refractivity contribution in [2.75, 3.05) is 0 Å². The highest BCUT2D eigenvalue weighted by Gasteiger charge is 2.06. The summed E-state index contributed by atoms with van der Waals surface area (Å²) in [6.07, 6.45) is 0. The summed E-state index contributed by atoms with van der Waals surface area (Å²) in [7, 11) is 0. The van der Waals surface area contributed by atoms with Gasteiger partial charge in [-0.25, -0.2) is 5.43 Å². The molecule has 1 heterocycles. The predicted molar refractivity (Wildman–Crippen MR) is 45.3 cm³/mol. The lowest BCUT2D eigenvalue weighted by Gasteiger charge is -1.88. The molecule has 0 spiro atoms. The standard InChI is InChI=1S/C5H3BrN2O2S/c6-4-2-1-3(11-4)5(9)7-8-10/h1-2H,(H,7,9,10). The molecular weight excluding hydrogens is 232 g/mol. The fourth-order valence-electron chi connectivity index (χ4n) is 0.533. The van der Waals surface area contributed by atoms with E-state index in [0.29, 0.717) is 4.88 Å². The van der Waals surface area contributed by atoms with Crippen LogP contribution in [-0.2, 0) is 0 Å². The largest absolute Gasteiger partial charge is 0.284 e. The van der Waals surface area contributed by atoms with Crippen LogP contribution < -0.4 is 5.43 Å². The molecule has 0 radical (unpaired) electrons. The van der Waals surface area contributed by atoms with Crippen LogP contribution in [0.5, 0.6) is 0 Å². The molecule has 0 aromatic carbocycles. The molecule has 0 saturated heterocycles. The number of thiophene rings is 1. The average molecular weight is 235 g/mol. The van der Waals surface area contributed by atoms with Crippen molar-refractivity contribution in [2.24, 2.45) is 5.29 Å². The number of carbonyl (C=O) groups excluding carboxylic acids is 1. The lowest BCUT2D eigenvalue weighted by Crippen LogP contribution is -2.14. The fourth-order valence-corrected chi connectivity index (χ4v) is 1.81. The maximum atomic E-state index is 10.8. The molecule has 11 heavy (non-hydrogen) atoms. The number of nitrogens with one attached hydrogen (secondary N) is 1. The van der Waals surface area contributed by atoms with Gasteiger partial charge < -0.3 is 0 Å². The minimum atomic E-state index is -0.476. The number of hydrogen-bond acceptors (Lipinski definition) is 4. The van der Waals surface area contributed by atoms with Gasteiger partial charge in [-0.05, 0) is 28.1 Å². The lowest BCUT2D eigenvalue weighted by molar-refractivity contribution is 0.0958. The summed E-state index contributed by atoms with van der Waals surface area (Å²) < 4.78 is 0.841. The van der Waals surface area contributed by atoms with Gasteiger partial charge in [0.1, 0.15) is 0 Å². The summed E-state index contributed by atoms with van der Waals surface area (Å²) in [5.74, 6) is -0.476. The maximum Gasteiger partial charge on any atom is 0.284 e. The monoisotopic (exact) mass is 234 g/mol. The van der Waals surface area contributed by atoms with E-state index in [1.807, 2.05) is 0 Å². The Morgan fingerprint density at radius 3 is 2.82 bits per heavy atom. The second-order valence-corrected chi connectivity index (χ2v) is 4.10. The number of rotatable bonds is 2. The third-order valence-electron chi connectivity index (χ3n) is 0.944. The first-order valence-electron chi connectivity index (χ1n) is 2.62. The van der Waals surface area contributed by atoms with E-state index in [9.17, 15) is 9.70 Å². The molecule has 1 N–H and O–H groups in total. The zero-order valence-electron chi connectivity index (χ0n) is 5.20. The van der Waals surface area contributed by atoms with Crippen molar-refractivity contribution in [2.45, 2.75) is 0 Å². The van der Waals surface area contributed by atoms with Gasteiger partial charge in [0.15, 0.2) is 0 Å². The smallest absolute Gasteiger partial charge is 0.266 e. The molecule has 0 aliphatic carbocycles. The number of hydrogen-bond donors (Lipinski definition) is 1. The van der Waals surface area contributed by atoms with Crippen LogP contribution in [0.15, 0.2) is 21.2 Å². The molecular formula is C5H3BrN2O2S. The third-order valence-corrected chi connectivity index (χ3v) is 2.57. The highest BCUT2D eigenvalue weighted by molar-refractivity contribution is 9.11. The predicted octanol–water partition coefficient (Wildman–Crippen LogP) is 1.92. The van der Waals surface area contributed by atoms with Crippen LogP contribution in [0.25, 0.3) is 0 Å². The number of nitrogens with zero attached hydrogens (tertiary/aromatic N) is 1. The fraction of sp³-hybridized carbons (Fsp3) is 0. The zero-order chi connectivity index (χ0) is 8.27. The van der Waals surface area contributed by atoms with Gasteiger partial charge in [0, 0.05) is 0 Å². The average Bonchev–Trinajstić information content (AvgIpc) is 2.36. The van der Waals surface area contributed by atoms with Crippen LogP contribution in [0.1, 0.15) is 9.67 Å². The number of amides is 1. The van der Waals surface area contributed by atoms with Gasteiger partial charge in [0.25, 0.3) is 5.91 Å². The van der Waals surface area contributed by atoms with Gasteiger partial charge in [-0.2, -0.15) is 0 Å². The van der Waals surface area contributed by atoms with Crippen LogP contribution in [0, 0.1) is 4.91 Å². The van der Waals surface area contributed by atoms with E-state index in [4.69, 9.17) is 0 Å². The van der Waals surface area contributed by atoms with Gasteiger partial charge in [-0.15, -0.1) is 16.2 Å². The summed E-state index contributed by atoms with van der Waals surface area (Å²) in [4.78, 5) is 20.9. The highest BCUT2D eigenvalue weighted by atomic mass is 79.9. The van der Waals surface area contributed by atoms with Crippen molar-refractivity contribution in [3.05, 3.63) is 25.7 Å². The Labute approximate surface area is 74.7 Å². The van der Waals surface area contributed by atoms with Gasteiger partial charge in [-0.3, -0.25) is 4.79 Å². The molecule has 0 unspecified atom stereocenters. The van der Waals surface area contributed by atoms with Gasteiger partial charge >= 0.3 is 0 Å². The Balaban J connectivity index is 2.76. The molecule has 4 nitrogen and oxygen atoms in total. The summed E-state index contributed by atoms with van der Waals surface area (Å²) in [6.45, 7) is 0. The van der Waals surface area contributed by atoms with Crippen molar-refractivity contribution in [1.82, 2.24) is 5.43 Å². The van der Waals surface area contributed by atoms with Gasteiger partial charge in [0.05, 0.1) is 13.9 Å². The first kappa shape index (κ1) is 8.35. The van der Waals surface area contributed by atoms with Crippen LogP contribution in [-0.4, -0.2) is 5.91 Å². The molecule has 6 heteroatoms. The van der Waals surface area contributed by atoms with Gasteiger partial charge in [0.2, 0.25) is 0 Å². The molecule has 58 valence electrons. The number of nitroso groups, excluding NO2 is 1. The van der Waals surface area contributed by atoms with Crippen LogP contribution in [0.4, 0.5) is 0 Å². The second-order valence-electron chi connectivity index (χ2n) is 1.64. The normalized spacial score (nSPS) is 9.18. The molecule has 0 aliphatic rings.